The molecule has 0 radical (unpaired) electrons. The molecule has 0 spiro atoms. The van der Waals surface area contributed by atoms with E-state index in [0.29, 0.717) is 11.4 Å². The molecule has 1 aromatic heterocycles. The van der Waals surface area contributed by atoms with Crippen LogP contribution < -0.4 is 20.5 Å². The van der Waals surface area contributed by atoms with Crippen molar-refractivity contribution in [2.45, 2.75) is 6.92 Å². The topological polar surface area (TPSA) is 126 Å². The molecule has 0 saturated heterocycles. The first kappa shape index (κ1) is 15.3. The number of anilines is 2. The first-order valence-corrected chi connectivity index (χ1v) is 6.16. The Labute approximate surface area is 124 Å². The summed E-state index contributed by atoms with van der Waals surface area (Å²) in [6, 6.07) is 2.77. The van der Waals surface area contributed by atoms with Crippen molar-refractivity contribution in [3.63, 3.8) is 0 Å². The molecular weight excluding hydrogens is 292 g/mol. The summed E-state index contributed by atoms with van der Waals surface area (Å²) in [6.45, 7) is 1.62. The zero-order chi connectivity index (χ0) is 16.3. The highest BCUT2D eigenvalue weighted by atomic mass is 16.5. The number of aromatic carboxylic acids is 1. The highest BCUT2D eigenvalue weighted by molar-refractivity contribution is 5.96. The van der Waals surface area contributed by atoms with Gasteiger partial charge in [-0.15, -0.1) is 0 Å². The fourth-order valence-electron chi connectivity index (χ4n) is 1.80. The maximum absolute atomic E-state index is 11.4. The number of aromatic amines is 1. The smallest absolute Gasteiger partial charge is 0.363 e. The van der Waals surface area contributed by atoms with Crippen LogP contribution in [0.25, 0.3) is 0 Å². The molecule has 1 aromatic carbocycles. The van der Waals surface area contributed by atoms with Gasteiger partial charge in [0.05, 0.1) is 25.5 Å². The number of carboxylic acids is 1. The van der Waals surface area contributed by atoms with Gasteiger partial charge < -0.3 is 19.9 Å². The van der Waals surface area contributed by atoms with E-state index in [1.54, 1.807) is 6.92 Å². The highest BCUT2D eigenvalue weighted by Crippen LogP contribution is 2.34. The summed E-state index contributed by atoms with van der Waals surface area (Å²) in [4.78, 5) is 26.4. The molecule has 3 N–H and O–H groups in total. The summed E-state index contributed by atoms with van der Waals surface area (Å²) in [7, 11) is 2.84. The number of aromatic nitrogens is 3. The molecule has 0 atom stereocenters. The molecule has 1 heterocycles. The first-order chi connectivity index (χ1) is 10.5. The summed E-state index contributed by atoms with van der Waals surface area (Å²) < 4.78 is 10.2. The number of carbonyl (C=O) groups is 1. The number of benzene rings is 1. The molecule has 9 heteroatoms. The van der Waals surface area contributed by atoms with Crippen LogP contribution in [0, 0.1) is 6.92 Å². The van der Waals surface area contributed by atoms with E-state index in [9.17, 15) is 14.7 Å². The first-order valence-electron chi connectivity index (χ1n) is 6.16. The minimum atomic E-state index is -1.17. The molecule has 0 fully saturated rings. The standard InChI is InChI=1S/C13H14N4O5/c1-6-11(15-13(20)17-16-6)14-8-5-10(22-3)9(21-2)4-7(8)12(18)19/h4-5H,1-3H3,(H,18,19)(H2,14,15,17,20). The Bertz CT molecular complexity index is 772. The molecule has 22 heavy (non-hydrogen) atoms. The van der Waals surface area contributed by atoms with E-state index < -0.39 is 11.7 Å². The van der Waals surface area contributed by atoms with E-state index in [2.05, 4.69) is 20.5 Å². The lowest BCUT2D eigenvalue weighted by Gasteiger charge is -2.14. The van der Waals surface area contributed by atoms with Crippen molar-refractivity contribution in [2.24, 2.45) is 0 Å². The van der Waals surface area contributed by atoms with E-state index in [1.807, 2.05) is 0 Å². The minimum Gasteiger partial charge on any atom is -0.493 e. The van der Waals surface area contributed by atoms with Crippen LogP contribution in [0.5, 0.6) is 11.5 Å². The number of H-pyrrole nitrogens is 1. The number of nitrogens with zero attached hydrogens (tertiary/aromatic N) is 2. The fraction of sp³-hybridized carbons (Fsp3) is 0.231. The van der Waals surface area contributed by atoms with E-state index in [1.165, 1.54) is 26.4 Å². The average Bonchev–Trinajstić information content (AvgIpc) is 2.50. The predicted octanol–water partition coefficient (Wildman–Crippen LogP) is 0.932. The molecule has 116 valence electrons. The Kier molecular flexibility index (Phi) is 4.25. The molecule has 9 nitrogen and oxygen atoms in total. The van der Waals surface area contributed by atoms with Crippen LogP contribution >= 0.6 is 0 Å². The van der Waals surface area contributed by atoms with E-state index >= 15 is 0 Å². The van der Waals surface area contributed by atoms with Crippen molar-refractivity contribution in [1.29, 1.82) is 0 Å². The molecule has 0 aliphatic carbocycles. The number of nitrogens with one attached hydrogen (secondary N) is 2. The maximum atomic E-state index is 11.4. The van der Waals surface area contributed by atoms with Crippen molar-refractivity contribution < 1.29 is 19.4 Å². The third-order valence-corrected chi connectivity index (χ3v) is 2.88. The Morgan fingerprint density at radius 3 is 2.50 bits per heavy atom. The van der Waals surface area contributed by atoms with Crippen LogP contribution in [0.15, 0.2) is 16.9 Å². The monoisotopic (exact) mass is 306 g/mol. The Morgan fingerprint density at radius 1 is 1.27 bits per heavy atom. The van der Waals surface area contributed by atoms with Gasteiger partial charge in [0.25, 0.3) is 0 Å². The van der Waals surface area contributed by atoms with Crippen LogP contribution in [-0.4, -0.2) is 40.5 Å². The normalized spacial score (nSPS) is 10.1. The quantitative estimate of drug-likeness (QED) is 0.744. The molecule has 0 aliphatic heterocycles. The van der Waals surface area contributed by atoms with Crippen molar-refractivity contribution in [2.75, 3.05) is 19.5 Å². The highest BCUT2D eigenvalue weighted by Gasteiger charge is 2.17. The number of methoxy groups -OCH3 is 2. The zero-order valence-electron chi connectivity index (χ0n) is 12.1. The second-order valence-electron chi connectivity index (χ2n) is 4.26. The summed E-state index contributed by atoms with van der Waals surface area (Å²) in [5, 5.41) is 18.0. The third-order valence-electron chi connectivity index (χ3n) is 2.88. The van der Waals surface area contributed by atoms with Crippen molar-refractivity contribution in [3.8, 4) is 11.5 Å². The molecule has 0 unspecified atom stereocenters. The number of carboxylic acid groups (broad SMARTS) is 1. The maximum Gasteiger partial charge on any atom is 0.363 e. The van der Waals surface area contributed by atoms with Crippen molar-refractivity contribution in [1.82, 2.24) is 15.2 Å². The molecule has 0 amide bonds. The molecule has 2 aromatic rings. The number of rotatable bonds is 5. The minimum absolute atomic E-state index is 0.0564. The lowest BCUT2D eigenvalue weighted by molar-refractivity contribution is 0.0697. The van der Waals surface area contributed by atoms with Gasteiger partial charge in [0.1, 0.15) is 5.69 Å². The van der Waals surface area contributed by atoms with Gasteiger partial charge >= 0.3 is 11.7 Å². The van der Waals surface area contributed by atoms with Crippen molar-refractivity contribution in [3.05, 3.63) is 33.9 Å². The molecule has 0 aliphatic rings. The van der Waals surface area contributed by atoms with Crippen LogP contribution in [0.4, 0.5) is 11.5 Å². The average molecular weight is 306 g/mol. The molecule has 0 bridgehead atoms. The van der Waals surface area contributed by atoms with Gasteiger partial charge in [-0.25, -0.2) is 14.7 Å². The predicted molar refractivity (Wildman–Crippen MR) is 77.2 cm³/mol. The van der Waals surface area contributed by atoms with Gasteiger partial charge in [0.2, 0.25) is 0 Å². The van der Waals surface area contributed by atoms with Crippen molar-refractivity contribution >= 4 is 17.5 Å². The zero-order valence-corrected chi connectivity index (χ0v) is 12.1. The van der Waals surface area contributed by atoms with Gasteiger partial charge in [0.15, 0.2) is 17.3 Å². The SMILES string of the molecule is COc1cc(Nc2nc(=O)[nH]nc2C)c(C(=O)O)cc1OC. The van der Waals surface area contributed by atoms with Crippen LogP contribution in [0.3, 0.4) is 0 Å². The Hall–Kier alpha value is -3.10. The van der Waals surface area contributed by atoms with Crippen LogP contribution in [0.1, 0.15) is 16.1 Å². The van der Waals surface area contributed by atoms with E-state index in [0.717, 1.165) is 0 Å². The van der Waals surface area contributed by atoms with Crippen LogP contribution in [0.2, 0.25) is 0 Å². The Balaban J connectivity index is 2.55. The Morgan fingerprint density at radius 2 is 1.91 bits per heavy atom. The summed E-state index contributed by atoms with van der Waals surface area (Å²) in [5.41, 5.74) is -0.0940. The number of aryl methyl sites for hydroxylation is 1. The largest absolute Gasteiger partial charge is 0.493 e. The van der Waals surface area contributed by atoms with Gasteiger partial charge in [-0.1, -0.05) is 0 Å². The summed E-state index contributed by atoms with van der Waals surface area (Å²) >= 11 is 0. The number of ether oxygens (including phenoxy) is 2. The number of hydrogen-bond donors (Lipinski definition) is 3. The molecular formula is C13H14N4O5. The van der Waals surface area contributed by atoms with Gasteiger partial charge in [0, 0.05) is 12.1 Å². The van der Waals surface area contributed by atoms with Gasteiger partial charge in [-0.2, -0.15) is 10.1 Å². The second kappa shape index (κ2) is 6.12. The van der Waals surface area contributed by atoms with E-state index in [4.69, 9.17) is 9.47 Å². The van der Waals surface area contributed by atoms with Gasteiger partial charge in [-0.05, 0) is 6.92 Å². The summed E-state index contributed by atoms with van der Waals surface area (Å²) in [6.07, 6.45) is 0. The molecule has 2 rings (SSSR count). The lowest BCUT2D eigenvalue weighted by Crippen LogP contribution is -2.16. The molecule has 0 saturated carbocycles. The van der Waals surface area contributed by atoms with Crippen LogP contribution in [-0.2, 0) is 0 Å². The fourth-order valence-corrected chi connectivity index (χ4v) is 1.80. The second-order valence-corrected chi connectivity index (χ2v) is 4.26. The number of hydrogen-bond acceptors (Lipinski definition) is 7. The summed E-state index contributed by atoms with van der Waals surface area (Å²) in [5.74, 6) is -0.401. The third kappa shape index (κ3) is 2.97. The van der Waals surface area contributed by atoms with E-state index in [-0.39, 0.29) is 22.8 Å². The van der Waals surface area contributed by atoms with Gasteiger partial charge in [-0.3, -0.25) is 0 Å². The lowest BCUT2D eigenvalue weighted by atomic mass is 10.1.